The van der Waals surface area contributed by atoms with Gasteiger partial charge in [0, 0.05) is 17.7 Å². The zero-order valence-corrected chi connectivity index (χ0v) is 15.9. The Morgan fingerprint density at radius 2 is 1.90 bits per heavy atom. The normalized spacial score (nSPS) is 11.2. The molecule has 0 bridgehead atoms. The van der Waals surface area contributed by atoms with Crippen LogP contribution >= 0.6 is 11.6 Å². The van der Waals surface area contributed by atoms with Crippen molar-refractivity contribution in [1.29, 1.82) is 0 Å². The summed E-state index contributed by atoms with van der Waals surface area (Å²) in [6.07, 6.45) is 0. The molecule has 0 saturated carbocycles. The van der Waals surface area contributed by atoms with E-state index in [2.05, 4.69) is 10.2 Å². The zero-order valence-electron chi connectivity index (χ0n) is 14.3. The molecule has 0 saturated heterocycles. The highest BCUT2D eigenvalue weighted by Crippen LogP contribution is 2.23. The predicted octanol–water partition coefficient (Wildman–Crippen LogP) is 2.30. The molecule has 3 rings (SSSR count). The molecule has 0 spiro atoms. The Kier molecular flexibility index (Phi) is 5.59. The monoisotopic (exact) mass is 438 g/mol. The molecule has 0 atom stereocenters. The van der Waals surface area contributed by atoms with E-state index < -0.39 is 27.5 Å². The molecular formula is C16H11ClN4O7S. The third-order valence-electron chi connectivity index (χ3n) is 3.60. The fraction of sp³-hybridized carbons (Fsp3) is 0.0625. The van der Waals surface area contributed by atoms with Crippen molar-refractivity contribution in [2.24, 2.45) is 5.14 Å². The van der Waals surface area contributed by atoms with Crippen LogP contribution in [-0.4, -0.2) is 29.5 Å². The number of ether oxygens (including phenoxy) is 1. The lowest BCUT2D eigenvalue weighted by atomic mass is 10.2. The number of hydrogen-bond acceptors (Lipinski definition) is 9. The van der Waals surface area contributed by atoms with Crippen molar-refractivity contribution in [3.8, 4) is 11.5 Å². The van der Waals surface area contributed by atoms with Crippen LogP contribution in [0, 0.1) is 10.1 Å². The van der Waals surface area contributed by atoms with Crippen molar-refractivity contribution < 1.29 is 27.3 Å². The molecule has 29 heavy (non-hydrogen) atoms. The van der Waals surface area contributed by atoms with E-state index in [9.17, 15) is 23.3 Å². The quantitative estimate of drug-likeness (QED) is 0.344. The van der Waals surface area contributed by atoms with Gasteiger partial charge >= 0.3 is 5.97 Å². The molecule has 0 radical (unpaired) electrons. The van der Waals surface area contributed by atoms with Crippen LogP contribution in [0.2, 0.25) is 5.02 Å². The van der Waals surface area contributed by atoms with Crippen LogP contribution in [0.1, 0.15) is 16.2 Å². The summed E-state index contributed by atoms with van der Waals surface area (Å²) in [5.41, 5.74) is 0.138. The number of rotatable bonds is 6. The zero-order chi connectivity index (χ0) is 21.2. The summed E-state index contributed by atoms with van der Waals surface area (Å²) in [5, 5.41) is 23.2. The van der Waals surface area contributed by atoms with Gasteiger partial charge in [-0.1, -0.05) is 11.6 Å². The third kappa shape index (κ3) is 4.74. The Morgan fingerprint density at radius 1 is 1.21 bits per heavy atom. The van der Waals surface area contributed by atoms with E-state index in [4.69, 9.17) is 25.9 Å². The number of aromatic nitrogens is 2. The second kappa shape index (κ2) is 7.95. The number of nitrogens with zero attached hydrogens (tertiary/aromatic N) is 3. The first-order valence-corrected chi connectivity index (χ1v) is 9.64. The Balaban J connectivity index is 1.71. The van der Waals surface area contributed by atoms with Gasteiger partial charge in [0.15, 0.2) is 6.61 Å². The van der Waals surface area contributed by atoms with E-state index in [1.54, 1.807) is 0 Å². The first kappa shape index (κ1) is 20.4. The highest BCUT2D eigenvalue weighted by Gasteiger charge is 2.18. The fourth-order valence-corrected chi connectivity index (χ4v) is 2.93. The molecule has 3 aromatic rings. The molecular weight excluding hydrogens is 428 g/mol. The Labute approximate surface area is 168 Å². The van der Waals surface area contributed by atoms with Crippen LogP contribution in [0.4, 0.5) is 5.69 Å². The van der Waals surface area contributed by atoms with Crippen molar-refractivity contribution in [2.45, 2.75) is 11.5 Å². The number of non-ortho nitro benzene ring substituents is 1. The number of hydrogen-bond donors (Lipinski definition) is 1. The van der Waals surface area contributed by atoms with Crippen molar-refractivity contribution in [3.05, 3.63) is 69.1 Å². The predicted molar refractivity (Wildman–Crippen MR) is 98.3 cm³/mol. The molecule has 1 aromatic heterocycles. The van der Waals surface area contributed by atoms with Gasteiger partial charge < -0.3 is 9.15 Å². The molecule has 0 aliphatic heterocycles. The second-order valence-electron chi connectivity index (χ2n) is 5.57. The van der Waals surface area contributed by atoms with E-state index in [-0.39, 0.29) is 33.0 Å². The van der Waals surface area contributed by atoms with Gasteiger partial charge in [-0.3, -0.25) is 10.1 Å². The summed E-state index contributed by atoms with van der Waals surface area (Å²) in [5.74, 6) is -0.902. The summed E-state index contributed by atoms with van der Waals surface area (Å²) in [6, 6.07) is 8.77. The average Bonchev–Trinajstić information content (AvgIpc) is 3.14. The lowest BCUT2D eigenvalue weighted by Gasteiger charge is -2.06. The maximum absolute atomic E-state index is 12.2. The molecule has 0 aliphatic rings. The topological polar surface area (TPSA) is 169 Å². The number of sulfonamides is 1. The largest absolute Gasteiger partial charge is 0.452 e. The van der Waals surface area contributed by atoms with E-state index in [1.807, 2.05) is 0 Å². The molecule has 0 fully saturated rings. The average molecular weight is 439 g/mol. The summed E-state index contributed by atoms with van der Waals surface area (Å²) < 4.78 is 33.2. The van der Waals surface area contributed by atoms with Crippen LogP contribution in [0.15, 0.2) is 51.8 Å². The fourth-order valence-electron chi connectivity index (χ4n) is 2.20. The summed E-state index contributed by atoms with van der Waals surface area (Å²) in [7, 11) is -4.03. The molecule has 1 heterocycles. The summed E-state index contributed by atoms with van der Waals surface area (Å²) in [4.78, 5) is 22.0. The van der Waals surface area contributed by atoms with E-state index in [1.165, 1.54) is 30.3 Å². The second-order valence-corrected chi connectivity index (χ2v) is 7.54. The van der Waals surface area contributed by atoms with Gasteiger partial charge in [-0.15, -0.1) is 10.2 Å². The number of primary sulfonamides is 1. The number of benzene rings is 2. The van der Waals surface area contributed by atoms with Gasteiger partial charge in [-0.2, -0.15) is 0 Å². The summed E-state index contributed by atoms with van der Waals surface area (Å²) in [6.45, 7) is -0.408. The Hall–Kier alpha value is -3.35. The minimum Gasteiger partial charge on any atom is -0.452 e. The van der Waals surface area contributed by atoms with Crippen molar-refractivity contribution >= 4 is 33.3 Å². The van der Waals surface area contributed by atoms with E-state index in [0.717, 1.165) is 12.1 Å². The van der Waals surface area contributed by atoms with E-state index in [0.29, 0.717) is 5.56 Å². The molecule has 2 aromatic carbocycles. The van der Waals surface area contributed by atoms with E-state index >= 15 is 0 Å². The highest BCUT2D eigenvalue weighted by atomic mass is 35.5. The van der Waals surface area contributed by atoms with Gasteiger partial charge in [-0.25, -0.2) is 18.4 Å². The van der Waals surface area contributed by atoms with Crippen LogP contribution in [0.3, 0.4) is 0 Å². The van der Waals surface area contributed by atoms with Crippen molar-refractivity contribution in [2.75, 3.05) is 0 Å². The van der Waals surface area contributed by atoms with Crippen LogP contribution < -0.4 is 5.14 Å². The molecule has 0 unspecified atom stereocenters. The lowest BCUT2D eigenvalue weighted by Crippen LogP contribution is -2.14. The Morgan fingerprint density at radius 3 is 2.52 bits per heavy atom. The van der Waals surface area contributed by atoms with Crippen LogP contribution in [0.5, 0.6) is 0 Å². The van der Waals surface area contributed by atoms with Gasteiger partial charge in [0.05, 0.1) is 20.4 Å². The standard InChI is InChI=1S/C16H11ClN4O7S/c17-13-6-5-11(29(18,25)26)7-12(13)16(22)27-8-14-19-20-15(28-14)9-1-3-10(4-2-9)21(23)24/h1-7H,8H2,(H2,18,25,26). The molecule has 150 valence electrons. The number of halogens is 1. The van der Waals surface area contributed by atoms with Gasteiger partial charge in [0.2, 0.25) is 15.9 Å². The van der Waals surface area contributed by atoms with Crippen molar-refractivity contribution in [3.63, 3.8) is 0 Å². The van der Waals surface area contributed by atoms with Gasteiger partial charge in [0.25, 0.3) is 11.6 Å². The number of nitrogens with two attached hydrogens (primary N) is 1. The maximum atomic E-state index is 12.2. The number of nitro benzene ring substituents is 1. The smallest absolute Gasteiger partial charge is 0.340 e. The van der Waals surface area contributed by atoms with Gasteiger partial charge in [0.1, 0.15) is 0 Å². The number of esters is 1. The minimum atomic E-state index is -4.03. The van der Waals surface area contributed by atoms with Gasteiger partial charge in [-0.05, 0) is 30.3 Å². The lowest BCUT2D eigenvalue weighted by molar-refractivity contribution is -0.384. The first-order chi connectivity index (χ1) is 13.6. The molecule has 0 aliphatic carbocycles. The first-order valence-electron chi connectivity index (χ1n) is 7.72. The molecule has 0 amide bonds. The highest BCUT2D eigenvalue weighted by molar-refractivity contribution is 7.89. The number of carbonyl (C=O) groups excluding carboxylic acids is 1. The number of nitro groups is 1. The minimum absolute atomic E-state index is 0.0282. The van der Waals surface area contributed by atoms with Crippen LogP contribution in [-0.2, 0) is 21.4 Å². The Bertz CT molecular complexity index is 1190. The number of carbonyl (C=O) groups is 1. The molecule has 11 nitrogen and oxygen atoms in total. The summed E-state index contributed by atoms with van der Waals surface area (Å²) >= 11 is 5.91. The van der Waals surface area contributed by atoms with Crippen molar-refractivity contribution in [1.82, 2.24) is 10.2 Å². The SMILES string of the molecule is NS(=O)(=O)c1ccc(Cl)c(C(=O)OCc2nnc(-c3ccc([N+](=O)[O-])cc3)o2)c1. The maximum Gasteiger partial charge on any atom is 0.340 e. The molecule has 2 N–H and O–H groups in total. The van der Waals surface area contributed by atoms with Crippen LogP contribution in [0.25, 0.3) is 11.5 Å². The third-order valence-corrected chi connectivity index (χ3v) is 4.85. The molecule has 13 heteroatoms.